The third kappa shape index (κ3) is 2.46. The minimum atomic E-state index is -1.000. The molecule has 0 amide bonds. The van der Waals surface area contributed by atoms with Gasteiger partial charge in [0.15, 0.2) is 5.82 Å². The van der Waals surface area contributed by atoms with Crippen LogP contribution in [0.15, 0.2) is 33.6 Å². The highest BCUT2D eigenvalue weighted by Crippen LogP contribution is 2.56. The number of hydrogen-bond donors (Lipinski definition) is 2. The minimum Gasteiger partial charge on any atom is -0.477 e. The van der Waals surface area contributed by atoms with Crippen LogP contribution in [0.4, 0.5) is 0 Å². The molecule has 1 saturated heterocycles. The van der Waals surface area contributed by atoms with E-state index in [0.29, 0.717) is 18.2 Å². The number of ether oxygens (including phenoxy) is 1. The van der Waals surface area contributed by atoms with Gasteiger partial charge in [-0.25, -0.2) is 9.59 Å². The van der Waals surface area contributed by atoms with E-state index >= 15 is 0 Å². The lowest BCUT2D eigenvalue weighted by atomic mass is 9.87. The number of aromatic amines is 1. The molecule has 0 bridgehead atoms. The second-order valence-corrected chi connectivity index (χ2v) is 9.18. The number of carboxylic acid groups (broad SMARTS) is 1. The van der Waals surface area contributed by atoms with Crippen molar-refractivity contribution in [3.8, 4) is 0 Å². The molecule has 2 saturated carbocycles. The molecule has 156 valence electrons. The van der Waals surface area contributed by atoms with Gasteiger partial charge < -0.3 is 14.4 Å². The summed E-state index contributed by atoms with van der Waals surface area (Å²) in [6.45, 7) is 2.81. The molecule has 3 aliphatic rings. The van der Waals surface area contributed by atoms with Gasteiger partial charge in [0.2, 0.25) is 0 Å². The van der Waals surface area contributed by atoms with Gasteiger partial charge in [-0.15, -0.1) is 0 Å². The summed E-state index contributed by atoms with van der Waals surface area (Å²) in [6.07, 6.45) is 4.99. The highest BCUT2D eigenvalue weighted by Gasteiger charge is 2.59. The highest BCUT2D eigenvalue weighted by atomic mass is 16.5. The fourth-order valence-corrected chi connectivity index (χ4v) is 5.45. The first-order chi connectivity index (χ1) is 14.4. The van der Waals surface area contributed by atoms with Crippen LogP contribution in [0.2, 0.25) is 0 Å². The molecule has 3 heterocycles. The Labute approximate surface area is 171 Å². The van der Waals surface area contributed by atoms with Crippen molar-refractivity contribution in [1.29, 1.82) is 0 Å². The van der Waals surface area contributed by atoms with Gasteiger partial charge in [0, 0.05) is 17.5 Å². The molecule has 6 rings (SSSR count). The molecular weight excluding hydrogens is 386 g/mol. The van der Waals surface area contributed by atoms with E-state index in [9.17, 15) is 14.7 Å². The number of nitrogens with zero attached hydrogens (tertiary/aromatic N) is 2. The Balaban J connectivity index is 1.48. The minimum absolute atomic E-state index is 0.0857. The van der Waals surface area contributed by atoms with Crippen LogP contribution in [-0.4, -0.2) is 38.0 Å². The first-order valence-corrected chi connectivity index (χ1v) is 10.5. The Morgan fingerprint density at radius 2 is 2.10 bits per heavy atom. The molecule has 2 aromatic heterocycles. The lowest BCUT2D eigenvalue weighted by Crippen LogP contribution is -2.27. The first-order valence-electron chi connectivity index (χ1n) is 10.5. The Bertz CT molecular complexity index is 1230. The molecule has 3 atom stereocenters. The van der Waals surface area contributed by atoms with Crippen molar-refractivity contribution in [3.63, 3.8) is 0 Å². The van der Waals surface area contributed by atoms with Crippen molar-refractivity contribution >= 4 is 16.9 Å². The number of benzene rings is 1. The number of rotatable bonds is 4. The van der Waals surface area contributed by atoms with Crippen LogP contribution >= 0.6 is 0 Å². The van der Waals surface area contributed by atoms with Crippen LogP contribution in [-0.2, 0) is 10.3 Å². The van der Waals surface area contributed by atoms with Crippen LogP contribution < -0.4 is 5.76 Å². The summed E-state index contributed by atoms with van der Waals surface area (Å²) in [5.41, 5.74) is 1.64. The van der Waals surface area contributed by atoms with E-state index < -0.39 is 17.3 Å². The van der Waals surface area contributed by atoms with E-state index in [1.807, 2.05) is 17.6 Å². The van der Waals surface area contributed by atoms with Gasteiger partial charge in [0.1, 0.15) is 11.2 Å². The monoisotopic (exact) mass is 409 g/mol. The zero-order chi connectivity index (χ0) is 20.7. The highest BCUT2D eigenvalue weighted by molar-refractivity contribution is 5.95. The van der Waals surface area contributed by atoms with Crippen molar-refractivity contribution in [2.45, 2.75) is 56.1 Å². The fourth-order valence-electron chi connectivity index (χ4n) is 5.45. The number of carboxylic acids is 1. The molecule has 1 aromatic carbocycles. The zero-order valence-electron chi connectivity index (χ0n) is 16.7. The molecule has 1 aliphatic heterocycles. The van der Waals surface area contributed by atoms with E-state index in [1.54, 1.807) is 6.07 Å². The normalized spacial score (nSPS) is 29.4. The summed E-state index contributed by atoms with van der Waals surface area (Å²) in [4.78, 5) is 26.4. The van der Waals surface area contributed by atoms with Gasteiger partial charge in [0.05, 0.1) is 5.60 Å². The third-order valence-corrected chi connectivity index (χ3v) is 7.34. The number of fused-ring (bicyclic) bond motifs is 1. The zero-order valence-corrected chi connectivity index (χ0v) is 16.7. The van der Waals surface area contributed by atoms with Crippen molar-refractivity contribution in [3.05, 3.63) is 51.9 Å². The maximum Gasteiger partial charge on any atom is 0.438 e. The van der Waals surface area contributed by atoms with Gasteiger partial charge in [-0.05, 0) is 67.7 Å². The van der Waals surface area contributed by atoms with E-state index in [4.69, 9.17) is 9.26 Å². The molecule has 1 spiro atoms. The summed E-state index contributed by atoms with van der Waals surface area (Å²) in [7, 11) is 0. The average molecular weight is 409 g/mol. The summed E-state index contributed by atoms with van der Waals surface area (Å²) < 4.78 is 12.5. The summed E-state index contributed by atoms with van der Waals surface area (Å²) >= 11 is 0. The third-order valence-electron chi connectivity index (χ3n) is 7.34. The smallest absolute Gasteiger partial charge is 0.438 e. The Hall–Kier alpha value is -2.87. The summed E-state index contributed by atoms with van der Waals surface area (Å²) in [5, 5.41) is 14.7. The lowest BCUT2D eigenvalue weighted by molar-refractivity contribution is -0.0132. The van der Waals surface area contributed by atoms with E-state index in [0.717, 1.165) is 43.2 Å². The lowest BCUT2D eigenvalue weighted by Gasteiger charge is -2.30. The van der Waals surface area contributed by atoms with Crippen molar-refractivity contribution < 1.29 is 19.2 Å². The predicted octanol–water partition coefficient (Wildman–Crippen LogP) is 3.23. The van der Waals surface area contributed by atoms with Crippen LogP contribution in [0.3, 0.4) is 0 Å². The Kier molecular flexibility index (Phi) is 3.50. The molecule has 2 N–H and O–H groups in total. The number of carbonyl (C=O) groups is 1. The number of hydrogen-bond acceptors (Lipinski definition) is 5. The molecule has 8 heteroatoms. The fraction of sp³-hybridized carbons (Fsp3) is 0.500. The van der Waals surface area contributed by atoms with Crippen molar-refractivity contribution in [2.75, 3.05) is 6.61 Å². The average Bonchev–Trinajstić information content (AvgIpc) is 3.49. The van der Waals surface area contributed by atoms with Crippen LogP contribution in [0, 0.1) is 5.92 Å². The van der Waals surface area contributed by atoms with Gasteiger partial charge >= 0.3 is 11.7 Å². The predicted molar refractivity (Wildman–Crippen MR) is 107 cm³/mol. The number of aromatic carboxylic acids is 1. The Morgan fingerprint density at radius 1 is 1.30 bits per heavy atom. The number of H-pyrrole nitrogens is 1. The summed E-state index contributed by atoms with van der Waals surface area (Å²) in [6, 6.07) is 7.98. The molecular formula is C22H23N3O5. The molecule has 1 unspecified atom stereocenters. The number of nitrogens with one attached hydrogen (secondary N) is 1. The van der Waals surface area contributed by atoms with E-state index in [1.165, 1.54) is 5.56 Å². The maximum absolute atomic E-state index is 12.1. The Morgan fingerprint density at radius 3 is 2.73 bits per heavy atom. The van der Waals surface area contributed by atoms with Crippen LogP contribution in [0.1, 0.15) is 66.8 Å². The number of aromatic nitrogens is 3. The van der Waals surface area contributed by atoms with Crippen molar-refractivity contribution in [2.24, 2.45) is 5.92 Å². The molecule has 8 nitrogen and oxygen atoms in total. The summed E-state index contributed by atoms with van der Waals surface area (Å²) in [5.74, 6) is -0.698. The second kappa shape index (κ2) is 5.85. The van der Waals surface area contributed by atoms with Gasteiger partial charge in [0.25, 0.3) is 0 Å². The van der Waals surface area contributed by atoms with Crippen LogP contribution in [0.25, 0.3) is 10.9 Å². The molecule has 3 fully saturated rings. The van der Waals surface area contributed by atoms with E-state index in [-0.39, 0.29) is 17.2 Å². The van der Waals surface area contributed by atoms with Gasteiger partial charge in [-0.1, -0.05) is 18.1 Å². The molecule has 3 aromatic rings. The maximum atomic E-state index is 12.1. The molecule has 30 heavy (non-hydrogen) atoms. The standard InChI is InChI=1S/C22H23N3O5/c1-12-10-22(12,19-23-20(28)30-24-19)25-16-3-2-13(8-15(16)9-17(25)18(26)27)14-4-7-29-21(11-14)5-6-21/h2-3,8-9,12,14H,4-7,10-11H2,1H3,(H,26,27)(H,23,24,28)/t12?,14-,22+/m0/s1. The topological polar surface area (TPSA) is 110 Å². The van der Waals surface area contributed by atoms with Gasteiger partial charge in [-0.3, -0.25) is 9.51 Å². The second-order valence-electron chi connectivity index (χ2n) is 9.18. The van der Waals surface area contributed by atoms with Crippen molar-refractivity contribution in [1.82, 2.24) is 14.7 Å². The first kappa shape index (κ1) is 17.9. The SMILES string of the molecule is CC1C[C@@]1(c1noc(=O)[nH]1)n1c(C(=O)O)cc2cc([C@H]3CCOC4(CC4)C3)ccc21. The quantitative estimate of drug-likeness (QED) is 0.685. The van der Waals surface area contributed by atoms with Gasteiger partial charge in [-0.2, -0.15) is 0 Å². The van der Waals surface area contributed by atoms with E-state index in [2.05, 4.69) is 22.3 Å². The largest absolute Gasteiger partial charge is 0.477 e. The van der Waals surface area contributed by atoms with Crippen LogP contribution in [0.5, 0.6) is 0 Å². The molecule has 0 radical (unpaired) electrons. The molecule has 2 aliphatic carbocycles.